The Hall–Kier alpha value is -0.0700. The topological polar surface area (TPSA) is 36.9 Å². The molecule has 2 heterocycles. The van der Waals surface area contributed by atoms with Gasteiger partial charge in [-0.3, -0.25) is 0 Å². The van der Waals surface area contributed by atoms with Gasteiger partial charge >= 0.3 is 0 Å². The van der Waals surface area contributed by atoms with E-state index in [-0.39, 0.29) is 12.6 Å². The molecule has 0 aromatic heterocycles. The molecule has 2 aliphatic rings. The molecule has 2 fully saturated rings. The van der Waals surface area contributed by atoms with Crippen molar-refractivity contribution in [1.29, 1.82) is 0 Å². The van der Waals surface area contributed by atoms with Crippen molar-refractivity contribution >= 4 is 11.8 Å². The fourth-order valence-corrected chi connectivity index (χ4v) is 2.42. The summed E-state index contributed by atoms with van der Waals surface area (Å²) in [4.78, 5) is 1.07. The molecule has 0 bridgehead atoms. The second-order valence-electron chi connectivity index (χ2n) is 3.40. The molecule has 2 saturated heterocycles. The molecule has 4 nitrogen and oxygen atoms in total. The lowest BCUT2D eigenvalue weighted by Gasteiger charge is -2.18. The predicted molar refractivity (Wildman–Crippen MR) is 57.6 cm³/mol. The molecule has 0 aromatic rings. The first kappa shape index (κ1) is 11.4. The minimum Gasteiger partial charge on any atom is -0.346 e. The van der Waals surface area contributed by atoms with Crippen molar-refractivity contribution in [2.24, 2.45) is 0 Å². The molecular formula is C10H16O4S. The Morgan fingerprint density at radius 1 is 0.933 bits per heavy atom. The molecular weight excluding hydrogens is 216 g/mol. The lowest BCUT2D eigenvalue weighted by Crippen LogP contribution is -2.17. The van der Waals surface area contributed by atoms with Crippen LogP contribution in [0.5, 0.6) is 0 Å². The summed E-state index contributed by atoms with van der Waals surface area (Å²) in [5.74, 6) is 0. The Labute approximate surface area is 93.9 Å². The molecule has 2 rings (SSSR count). The molecule has 86 valence electrons. The first-order valence-corrected chi connectivity index (χ1v) is 6.26. The van der Waals surface area contributed by atoms with Crippen molar-refractivity contribution in [3.8, 4) is 0 Å². The normalized spacial score (nSPS) is 26.0. The third-order valence-corrected chi connectivity index (χ3v) is 3.37. The van der Waals surface area contributed by atoms with E-state index in [1.165, 1.54) is 0 Å². The summed E-state index contributed by atoms with van der Waals surface area (Å²) in [7, 11) is 0. The molecule has 15 heavy (non-hydrogen) atoms. The van der Waals surface area contributed by atoms with Crippen LogP contribution in [0, 0.1) is 0 Å². The lowest BCUT2D eigenvalue weighted by molar-refractivity contribution is -0.0247. The van der Waals surface area contributed by atoms with Crippen LogP contribution in [-0.2, 0) is 18.9 Å². The monoisotopic (exact) mass is 232 g/mol. The third kappa shape index (κ3) is 2.54. The molecule has 0 N–H and O–H groups in total. The quantitative estimate of drug-likeness (QED) is 0.734. The number of thioether (sulfide) groups is 1. The summed E-state index contributed by atoms with van der Waals surface area (Å²) in [6, 6.07) is 0. The van der Waals surface area contributed by atoms with Gasteiger partial charge in [-0.15, -0.1) is 11.8 Å². The van der Waals surface area contributed by atoms with Crippen molar-refractivity contribution in [3.63, 3.8) is 0 Å². The van der Waals surface area contributed by atoms with E-state index in [4.69, 9.17) is 18.9 Å². The molecule has 0 aliphatic carbocycles. The van der Waals surface area contributed by atoms with Crippen molar-refractivity contribution in [2.75, 3.05) is 32.7 Å². The van der Waals surface area contributed by atoms with Gasteiger partial charge < -0.3 is 18.9 Å². The molecule has 0 aromatic carbocycles. The largest absolute Gasteiger partial charge is 0.346 e. The zero-order valence-electron chi connectivity index (χ0n) is 9.02. The van der Waals surface area contributed by atoms with Gasteiger partial charge in [-0.25, -0.2) is 0 Å². The van der Waals surface area contributed by atoms with E-state index in [2.05, 4.69) is 0 Å². The van der Waals surface area contributed by atoms with Crippen LogP contribution in [0.3, 0.4) is 0 Å². The summed E-state index contributed by atoms with van der Waals surface area (Å²) < 4.78 is 21.9. The fourth-order valence-electron chi connectivity index (χ4n) is 1.68. The van der Waals surface area contributed by atoms with Crippen LogP contribution < -0.4 is 0 Å². The van der Waals surface area contributed by atoms with E-state index in [1.54, 1.807) is 11.8 Å². The standard InChI is InChI=1S/C10H16O4S/c1-7(9-11-3-4-12-9)8(15-2)10-13-5-6-14-10/h9-10H,3-6H2,1-2H3/b8-7+. The van der Waals surface area contributed by atoms with Crippen LogP contribution in [0.25, 0.3) is 0 Å². The summed E-state index contributed by atoms with van der Waals surface area (Å²) in [5, 5.41) is 0. The molecule has 0 radical (unpaired) electrons. The molecule has 0 saturated carbocycles. The molecule has 2 aliphatic heterocycles. The fraction of sp³-hybridized carbons (Fsp3) is 0.800. The number of hydrogen-bond acceptors (Lipinski definition) is 5. The van der Waals surface area contributed by atoms with E-state index < -0.39 is 0 Å². The number of hydrogen-bond donors (Lipinski definition) is 0. The van der Waals surface area contributed by atoms with Crippen LogP contribution in [0.1, 0.15) is 6.92 Å². The summed E-state index contributed by atoms with van der Waals surface area (Å²) in [5.41, 5.74) is 1.06. The summed E-state index contributed by atoms with van der Waals surface area (Å²) in [6.07, 6.45) is 1.56. The van der Waals surface area contributed by atoms with Gasteiger partial charge in [-0.05, 0) is 18.8 Å². The van der Waals surface area contributed by atoms with Crippen LogP contribution in [-0.4, -0.2) is 45.3 Å². The van der Waals surface area contributed by atoms with Gasteiger partial charge in [0.1, 0.15) is 0 Å². The zero-order valence-corrected chi connectivity index (χ0v) is 9.84. The zero-order chi connectivity index (χ0) is 10.7. The van der Waals surface area contributed by atoms with Gasteiger partial charge in [0.25, 0.3) is 0 Å². The van der Waals surface area contributed by atoms with E-state index in [9.17, 15) is 0 Å². The maximum atomic E-state index is 5.47. The minimum atomic E-state index is -0.229. The van der Waals surface area contributed by atoms with Crippen LogP contribution >= 0.6 is 11.8 Å². The highest BCUT2D eigenvalue weighted by Gasteiger charge is 2.27. The second-order valence-corrected chi connectivity index (χ2v) is 4.25. The van der Waals surface area contributed by atoms with E-state index in [0.29, 0.717) is 26.4 Å². The van der Waals surface area contributed by atoms with Gasteiger partial charge in [0.05, 0.1) is 26.4 Å². The van der Waals surface area contributed by atoms with E-state index in [0.717, 1.165) is 10.5 Å². The Bertz CT molecular complexity index is 242. The molecule has 0 atom stereocenters. The molecule has 0 amide bonds. The molecule has 5 heteroatoms. The van der Waals surface area contributed by atoms with Gasteiger partial charge in [0, 0.05) is 4.91 Å². The average molecular weight is 232 g/mol. The second kappa shape index (κ2) is 5.32. The number of rotatable bonds is 3. The van der Waals surface area contributed by atoms with Gasteiger partial charge in [-0.1, -0.05) is 0 Å². The number of ether oxygens (including phenoxy) is 4. The van der Waals surface area contributed by atoms with Crippen LogP contribution in [0.4, 0.5) is 0 Å². The smallest absolute Gasteiger partial charge is 0.190 e. The Morgan fingerprint density at radius 2 is 1.40 bits per heavy atom. The SMILES string of the molecule is CS/C(=C(\C)C1OCCO1)C1OCCO1. The first-order chi connectivity index (χ1) is 7.33. The maximum Gasteiger partial charge on any atom is 0.190 e. The molecule has 0 spiro atoms. The molecule has 0 unspecified atom stereocenters. The Morgan fingerprint density at radius 3 is 1.87 bits per heavy atom. The first-order valence-electron chi connectivity index (χ1n) is 5.04. The highest BCUT2D eigenvalue weighted by molar-refractivity contribution is 8.02. The van der Waals surface area contributed by atoms with E-state index in [1.807, 2.05) is 13.2 Å². The van der Waals surface area contributed by atoms with Crippen LogP contribution in [0.2, 0.25) is 0 Å². The summed E-state index contributed by atoms with van der Waals surface area (Å²) in [6.45, 7) is 4.65. The summed E-state index contributed by atoms with van der Waals surface area (Å²) >= 11 is 1.63. The van der Waals surface area contributed by atoms with Gasteiger partial charge in [-0.2, -0.15) is 0 Å². The van der Waals surface area contributed by atoms with Gasteiger partial charge in [0.15, 0.2) is 12.6 Å². The van der Waals surface area contributed by atoms with Crippen molar-refractivity contribution in [3.05, 3.63) is 10.5 Å². The maximum absolute atomic E-state index is 5.47. The Balaban J connectivity index is 2.10. The van der Waals surface area contributed by atoms with Crippen molar-refractivity contribution in [2.45, 2.75) is 19.5 Å². The van der Waals surface area contributed by atoms with Crippen molar-refractivity contribution in [1.82, 2.24) is 0 Å². The minimum absolute atomic E-state index is 0.222. The average Bonchev–Trinajstić information content (AvgIpc) is 2.91. The Kier molecular flexibility index (Phi) is 4.05. The van der Waals surface area contributed by atoms with Gasteiger partial charge in [0.2, 0.25) is 0 Å². The lowest BCUT2D eigenvalue weighted by atomic mass is 10.2. The van der Waals surface area contributed by atoms with Crippen LogP contribution in [0.15, 0.2) is 10.5 Å². The third-order valence-electron chi connectivity index (χ3n) is 2.42. The van der Waals surface area contributed by atoms with Crippen molar-refractivity contribution < 1.29 is 18.9 Å². The highest BCUT2D eigenvalue weighted by atomic mass is 32.2. The predicted octanol–water partition coefficient (Wildman–Crippen LogP) is 1.37. The highest BCUT2D eigenvalue weighted by Crippen LogP contribution is 2.30. The van der Waals surface area contributed by atoms with E-state index >= 15 is 0 Å².